The standard InChI is InChI=1S/C15H15N3O/c1-16-9-8-14-17-18-15(19-14)13-7-6-11-4-2-3-5-12(11)10-13/h2-7,10,16H,8-9H2,1H3. The normalized spacial score (nSPS) is 11.0. The first-order valence-corrected chi connectivity index (χ1v) is 6.33. The summed E-state index contributed by atoms with van der Waals surface area (Å²) in [5.41, 5.74) is 0.960. The van der Waals surface area contributed by atoms with E-state index in [1.807, 2.05) is 25.2 Å². The van der Waals surface area contributed by atoms with Crippen LogP contribution >= 0.6 is 0 Å². The van der Waals surface area contributed by atoms with Gasteiger partial charge in [0.05, 0.1) is 0 Å². The average Bonchev–Trinajstić information content (AvgIpc) is 2.93. The van der Waals surface area contributed by atoms with Crippen LogP contribution in [0.4, 0.5) is 0 Å². The van der Waals surface area contributed by atoms with Crippen molar-refractivity contribution >= 4 is 10.8 Å². The number of hydrogen-bond acceptors (Lipinski definition) is 4. The molecule has 4 heteroatoms. The summed E-state index contributed by atoms with van der Waals surface area (Å²) in [5, 5.41) is 13.6. The molecule has 96 valence electrons. The van der Waals surface area contributed by atoms with Gasteiger partial charge in [0.2, 0.25) is 11.8 Å². The van der Waals surface area contributed by atoms with Crippen LogP contribution in [0.3, 0.4) is 0 Å². The second-order valence-corrected chi connectivity index (χ2v) is 4.42. The Morgan fingerprint density at radius 1 is 1.05 bits per heavy atom. The third-order valence-electron chi connectivity index (χ3n) is 3.05. The van der Waals surface area contributed by atoms with Crippen LogP contribution < -0.4 is 5.32 Å². The zero-order chi connectivity index (χ0) is 13.1. The summed E-state index contributed by atoms with van der Waals surface area (Å²) >= 11 is 0. The second kappa shape index (κ2) is 5.20. The van der Waals surface area contributed by atoms with Gasteiger partial charge in [-0.1, -0.05) is 30.3 Å². The molecule has 3 aromatic rings. The molecule has 4 nitrogen and oxygen atoms in total. The van der Waals surface area contributed by atoms with Gasteiger partial charge in [0, 0.05) is 18.5 Å². The van der Waals surface area contributed by atoms with Crippen LogP contribution in [0.15, 0.2) is 46.9 Å². The molecule has 0 unspecified atom stereocenters. The van der Waals surface area contributed by atoms with Gasteiger partial charge in [0.25, 0.3) is 0 Å². The van der Waals surface area contributed by atoms with Gasteiger partial charge in [-0.15, -0.1) is 10.2 Å². The molecule has 0 amide bonds. The van der Waals surface area contributed by atoms with E-state index in [4.69, 9.17) is 4.42 Å². The number of fused-ring (bicyclic) bond motifs is 1. The highest BCUT2D eigenvalue weighted by Gasteiger charge is 2.08. The Bertz CT molecular complexity index is 690. The van der Waals surface area contributed by atoms with Gasteiger partial charge < -0.3 is 9.73 Å². The SMILES string of the molecule is CNCCc1nnc(-c2ccc3ccccc3c2)o1. The molecular formula is C15H15N3O. The molecule has 0 aliphatic heterocycles. The fourth-order valence-corrected chi connectivity index (χ4v) is 2.03. The molecule has 1 N–H and O–H groups in total. The number of likely N-dealkylation sites (N-methyl/N-ethyl adjacent to an activating group) is 1. The van der Waals surface area contributed by atoms with Crippen molar-refractivity contribution in [3.8, 4) is 11.5 Å². The molecule has 0 fully saturated rings. The maximum absolute atomic E-state index is 5.66. The number of rotatable bonds is 4. The maximum atomic E-state index is 5.66. The lowest BCUT2D eigenvalue weighted by Crippen LogP contribution is -2.10. The number of hydrogen-bond donors (Lipinski definition) is 1. The first-order valence-electron chi connectivity index (χ1n) is 6.33. The quantitative estimate of drug-likeness (QED) is 0.776. The van der Waals surface area contributed by atoms with Crippen molar-refractivity contribution in [3.05, 3.63) is 48.4 Å². The number of aromatic nitrogens is 2. The van der Waals surface area contributed by atoms with Gasteiger partial charge in [0.1, 0.15) is 0 Å². The molecule has 0 aliphatic carbocycles. The summed E-state index contributed by atoms with van der Waals surface area (Å²) in [7, 11) is 1.90. The highest BCUT2D eigenvalue weighted by atomic mass is 16.4. The fraction of sp³-hybridized carbons (Fsp3) is 0.200. The van der Waals surface area contributed by atoms with Crippen molar-refractivity contribution in [2.45, 2.75) is 6.42 Å². The lowest BCUT2D eigenvalue weighted by Gasteiger charge is -1.99. The summed E-state index contributed by atoms with van der Waals surface area (Å²) in [6.07, 6.45) is 0.747. The minimum absolute atomic E-state index is 0.580. The van der Waals surface area contributed by atoms with Crippen LogP contribution in [-0.2, 0) is 6.42 Å². The Labute approximate surface area is 111 Å². The first kappa shape index (κ1) is 11.9. The highest BCUT2D eigenvalue weighted by molar-refractivity contribution is 5.86. The van der Waals surface area contributed by atoms with Crippen molar-refractivity contribution in [2.24, 2.45) is 0 Å². The van der Waals surface area contributed by atoms with E-state index in [2.05, 4.69) is 39.8 Å². The van der Waals surface area contributed by atoms with Gasteiger partial charge in [-0.25, -0.2) is 0 Å². The van der Waals surface area contributed by atoms with E-state index in [9.17, 15) is 0 Å². The molecule has 3 rings (SSSR count). The Morgan fingerprint density at radius 3 is 2.74 bits per heavy atom. The molecule has 0 saturated carbocycles. The molecule has 0 aliphatic rings. The molecule has 2 aromatic carbocycles. The van der Waals surface area contributed by atoms with Crippen LogP contribution in [-0.4, -0.2) is 23.8 Å². The van der Waals surface area contributed by atoms with E-state index >= 15 is 0 Å². The predicted octanol–water partition coefficient (Wildman–Crippen LogP) is 2.65. The van der Waals surface area contributed by atoms with Crippen LogP contribution in [0, 0.1) is 0 Å². The smallest absolute Gasteiger partial charge is 0.247 e. The van der Waals surface area contributed by atoms with E-state index in [0.29, 0.717) is 11.8 Å². The van der Waals surface area contributed by atoms with Crippen molar-refractivity contribution in [1.29, 1.82) is 0 Å². The number of nitrogens with one attached hydrogen (secondary N) is 1. The molecule has 0 saturated heterocycles. The van der Waals surface area contributed by atoms with Gasteiger partial charge in [-0.2, -0.15) is 0 Å². The van der Waals surface area contributed by atoms with Crippen LogP contribution in [0.25, 0.3) is 22.2 Å². The molecule has 0 bridgehead atoms. The first-order chi connectivity index (χ1) is 9.36. The monoisotopic (exact) mass is 253 g/mol. The van der Waals surface area contributed by atoms with Gasteiger partial charge in [-0.3, -0.25) is 0 Å². The van der Waals surface area contributed by atoms with Gasteiger partial charge in [-0.05, 0) is 30.0 Å². The maximum Gasteiger partial charge on any atom is 0.247 e. The van der Waals surface area contributed by atoms with Crippen molar-refractivity contribution in [2.75, 3.05) is 13.6 Å². The van der Waals surface area contributed by atoms with Crippen molar-refractivity contribution in [1.82, 2.24) is 15.5 Å². The third kappa shape index (κ3) is 2.48. The van der Waals surface area contributed by atoms with E-state index in [-0.39, 0.29) is 0 Å². The van der Waals surface area contributed by atoms with E-state index in [1.54, 1.807) is 0 Å². The van der Waals surface area contributed by atoms with Gasteiger partial charge in [0.15, 0.2) is 0 Å². The number of benzene rings is 2. The Hall–Kier alpha value is -2.20. The van der Waals surface area contributed by atoms with Crippen LogP contribution in [0.5, 0.6) is 0 Å². The van der Waals surface area contributed by atoms with Crippen molar-refractivity contribution in [3.63, 3.8) is 0 Å². The largest absolute Gasteiger partial charge is 0.421 e. The topological polar surface area (TPSA) is 51.0 Å². The van der Waals surface area contributed by atoms with E-state index in [0.717, 1.165) is 18.5 Å². The van der Waals surface area contributed by atoms with E-state index < -0.39 is 0 Å². The Morgan fingerprint density at radius 2 is 1.89 bits per heavy atom. The van der Waals surface area contributed by atoms with E-state index in [1.165, 1.54) is 10.8 Å². The Balaban J connectivity index is 1.92. The highest BCUT2D eigenvalue weighted by Crippen LogP contribution is 2.23. The van der Waals surface area contributed by atoms with Crippen LogP contribution in [0.2, 0.25) is 0 Å². The lowest BCUT2D eigenvalue weighted by molar-refractivity contribution is 0.500. The minimum atomic E-state index is 0.580. The average molecular weight is 253 g/mol. The number of nitrogens with zero attached hydrogens (tertiary/aromatic N) is 2. The summed E-state index contributed by atoms with van der Waals surface area (Å²) in [4.78, 5) is 0. The summed E-state index contributed by atoms with van der Waals surface area (Å²) in [6.45, 7) is 0.833. The second-order valence-electron chi connectivity index (χ2n) is 4.42. The molecule has 1 aromatic heterocycles. The molecule has 0 radical (unpaired) electrons. The van der Waals surface area contributed by atoms with Crippen molar-refractivity contribution < 1.29 is 4.42 Å². The molecule has 1 heterocycles. The predicted molar refractivity (Wildman–Crippen MR) is 74.9 cm³/mol. The molecule has 0 atom stereocenters. The molecule has 19 heavy (non-hydrogen) atoms. The summed E-state index contributed by atoms with van der Waals surface area (Å²) in [6, 6.07) is 14.4. The minimum Gasteiger partial charge on any atom is -0.421 e. The molecular weight excluding hydrogens is 238 g/mol. The fourth-order valence-electron chi connectivity index (χ4n) is 2.03. The Kier molecular flexibility index (Phi) is 3.25. The van der Waals surface area contributed by atoms with Crippen LogP contribution in [0.1, 0.15) is 5.89 Å². The zero-order valence-corrected chi connectivity index (χ0v) is 10.8. The zero-order valence-electron chi connectivity index (χ0n) is 10.8. The van der Waals surface area contributed by atoms with Gasteiger partial charge >= 0.3 is 0 Å². The lowest BCUT2D eigenvalue weighted by atomic mass is 10.1. The third-order valence-corrected chi connectivity index (χ3v) is 3.05. The summed E-state index contributed by atoms with van der Waals surface area (Å²) in [5.74, 6) is 1.24. The summed E-state index contributed by atoms with van der Waals surface area (Å²) < 4.78 is 5.66. The molecule has 0 spiro atoms.